The van der Waals surface area contributed by atoms with E-state index >= 15 is 0 Å². The van der Waals surface area contributed by atoms with Gasteiger partial charge in [-0.3, -0.25) is 0 Å². The van der Waals surface area contributed by atoms with Gasteiger partial charge >= 0.3 is 11.9 Å². The number of aromatic nitrogens is 1. The second-order valence-corrected chi connectivity index (χ2v) is 5.85. The van der Waals surface area contributed by atoms with E-state index < -0.39 is 31.6 Å². The molecule has 0 saturated carbocycles. The van der Waals surface area contributed by atoms with Crippen LogP contribution in [0.2, 0.25) is 0 Å². The lowest BCUT2D eigenvalue weighted by atomic mass is 10.2. The molecule has 2 N–H and O–H groups in total. The molecule has 1 aliphatic rings. The van der Waals surface area contributed by atoms with Crippen molar-refractivity contribution in [3.63, 3.8) is 0 Å². The SMILES string of the molecule is Cn1cc2c(c1)C=C(C(=O)O)S(=O)(=O)C(C(=O)O)=C2. The van der Waals surface area contributed by atoms with Crippen molar-refractivity contribution in [2.45, 2.75) is 0 Å². The van der Waals surface area contributed by atoms with Gasteiger partial charge in [0.1, 0.15) is 0 Å². The molecule has 1 aromatic rings. The lowest BCUT2D eigenvalue weighted by molar-refractivity contribution is -0.132. The van der Waals surface area contributed by atoms with Gasteiger partial charge in [-0.1, -0.05) is 0 Å². The quantitative estimate of drug-likeness (QED) is 0.807. The Kier molecular flexibility index (Phi) is 2.82. The largest absolute Gasteiger partial charge is 0.477 e. The van der Waals surface area contributed by atoms with Gasteiger partial charge in [0, 0.05) is 30.6 Å². The Hall–Kier alpha value is -2.35. The highest BCUT2D eigenvalue weighted by Crippen LogP contribution is 2.29. The summed E-state index contributed by atoms with van der Waals surface area (Å²) >= 11 is 0. The van der Waals surface area contributed by atoms with Crippen LogP contribution in [0.25, 0.3) is 12.2 Å². The van der Waals surface area contributed by atoms with E-state index in [0.29, 0.717) is 11.1 Å². The fourth-order valence-electron chi connectivity index (χ4n) is 1.78. The number of carboxylic acids is 2. The van der Waals surface area contributed by atoms with E-state index in [0.717, 1.165) is 12.2 Å². The maximum Gasteiger partial charge on any atom is 0.347 e. The molecule has 0 aromatic carbocycles. The maximum atomic E-state index is 12.0. The van der Waals surface area contributed by atoms with Crippen LogP contribution >= 0.6 is 0 Å². The number of aliphatic carboxylic acids is 2. The number of nitrogens with zero attached hydrogens (tertiary/aromatic N) is 1. The molecule has 0 atom stereocenters. The Labute approximate surface area is 108 Å². The Morgan fingerprint density at radius 3 is 1.68 bits per heavy atom. The van der Waals surface area contributed by atoms with E-state index in [1.807, 2.05) is 0 Å². The van der Waals surface area contributed by atoms with Crippen LogP contribution in [-0.4, -0.2) is 35.1 Å². The molecule has 2 heterocycles. The van der Waals surface area contributed by atoms with Crippen molar-refractivity contribution in [3.8, 4) is 0 Å². The van der Waals surface area contributed by atoms with Crippen molar-refractivity contribution >= 4 is 33.9 Å². The first-order valence-corrected chi connectivity index (χ1v) is 6.53. The van der Waals surface area contributed by atoms with Crippen LogP contribution in [0.4, 0.5) is 0 Å². The average molecular weight is 283 g/mol. The first-order valence-electron chi connectivity index (χ1n) is 5.04. The average Bonchev–Trinajstić information content (AvgIpc) is 2.56. The van der Waals surface area contributed by atoms with Crippen LogP contribution in [0.1, 0.15) is 11.1 Å². The molecule has 0 fully saturated rings. The molecule has 7 nitrogen and oxygen atoms in total. The zero-order valence-corrected chi connectivity index (χ0v) is 10.5. The summed E-state index contributed by atoms with van der Waals surface area (Å²) in [6.45, 7) is 0. The number of rotatable bonds is 2. The van der Waals surface area contributed by atoms with Crippen LogP contribution in [0.15, 0.2) is 22.2 Å². The lowest BCUT2D eigenvalue weighted by Crippen LogP contribution is -2.18. The van der Waals surface area contributed by atoms with Gasteiger partial charge in [-0.05, 0) is 12.2 Å². The van der Waals surface area contributed by atoms with E-state index in [1.54, 1.807) is 11.6 Å². The second kappa shape index (κ2) is 4.09. The fourth-order valence-corrected chi connectivity index (χ4v) is 3.04. The molecular weight excluding hydrogens is 274 g/mol. The van der Waals surface area contributed by atoms with E-state index in [9.17, 15) is 18.0 Å². The number of fused-ring (bicyclic) bond motifs is 1. The van der Waals surface area contributed by atoms with Gasteiger partial charge in [-0.15, -0.1) is 0 Å². The lowest BCUT2D eigenvalue weighted by Gasteiger charge is -2.03. The minimum Gasteiger partial charge on any atom is -0.477 e. The molecule has 0 saturated heterocycles. The van der Waals surface area contributed by atoms with Crippen molar-refractivity contribution in [3.05, 3.63) is 33.3 Å². The summed E-state index contributed by atoms with van der Waals surface area (Å²) in [4.78, 5) is 20.2. The molecule has 0 radical (unpaired) electrons. The smallest absolute Gasteiger partial charge is 0.347 e. The van der Waals surface area contributed by atoms with Crippen LogP contribution in [0, 0.1) is 0 Å². The summed E-state index contributed by atoms with van der Waals surface area (Å²) in [5.74, 6) is -3.38. The zero-order chi connectivity index (χ0) is 14.4. The summed E-state index contributed by atoms with van der Waals surface area (Å²) in [5.41, 5.74) is 0.666. The molecule has 100 valence electrons. The first-order chi connectivity index (χ1) is 8.73. The number of carbonyl (C=O) groups is 2. The van der Waals surface area contributed by atoms with Gasteiger partial charge < -0.3 is 14.8 Å². The highest BCUT2D eigenvalue weighted by atomic mass is 32.2. The number of hydrogen-bond acceptors (Lipinski definition) is 4. The number of carboxylic acid groups (broad SMARTS) is 2. The Morgan fingerprint density at radius 2 is 1.37 bits per heavy atom. The number of hydrogen-bond donors (Lipinski definition) is 2. The molecule has 1 aromatic heterocycles. The Bertz CT molecular complexity index is 695. The minimum atomic E-state index is -4.54. The predicted molar refractivity (Wildman–Crippen MR) is 65.6 cm³/mol. The summed E-state index contributed by atoms with van der Waals surface area (Å²) in [7, 11) is -2.88. The van der Waals surface area contributed by atoms with Crippen molar-refractivity contribution in [2.24, 2.45) is 7.05 Å². The third kappa shape index (κ3) is 2.06. The molecule has 0 unspecified atom stereocenters. The van der Waals surface area contributed by atoms with E-state index in [-0.39, 0.29) is 0 Å². The van der Waals surface area contributed by atoms with Gasteiger partial charge in [0.2, 0.25) is 9.84 Å². The molecule has 0 amide bonds. The first kappa shape index (κ1) is 13.1. The summed E-state index contributed by atoms with van der Waals surface area (Å²) < 4.78 is 25.5. The second-order valence-electron chi connectivity index (χ2n) is 3.97. The molecule has 0 bridgehead atoms. The minimum absolute atomic E-state index is 0.333. The third-order valence-corrected chi connectivity index (χ3v) is 4.34. The highest BCUT2D eigenvalue weighted by molar-refractivity contribution is 8.01. The van der Waals surface area contributed by atoms with Crippen LogP contribution in [0.3, 0.4) is 0 Å². The molecule has 0 aliphatic carbocycles. The monoisotopic (exact) mass is 283 g/mol. The van der Waals surface area contributed by atoms with Gasteiger partial charge in [-0.2, -0.15) is 0 Å². The van der Waals surface area contributed by atoms with Crippen molar-refractivity contribution < 1.29 is 28.2 Å². The topological polar surface area (TPSA) is 114 Å². The number of sulfone groups is 1. The molecule has 0 spiro atoms. The number of aryl methyl sites for hydroxylation is 1. The van der Waals surface area contributed by atoms with E-state index in [1.165, 1.54) is 12.4 Å². The van der Waals surface area contributed by atoms with Gasteiger partial charge in [0.05, 0.1) is 0 Å². The van der Waals surface area contributed by atoms with E-state index in [2.05, 4.69) is 0 Å². The Morgan fingerprint density at radius 1 is 1.00 bits per heavy atom. The van der Waals surface area contributed by atoms with Crippen molar-refractivity contribution in [2.75, 3.05) is 0 Å². The third-order valence-electron chi connectivity index (χ3n) is 2.59. The molecule has 19 heavy (non-hydrogen) atoms. The highest BCUT2D eigenvalue weighted by Gasteiger charge is 2.35. The van der Waals surface area contributed by atoms with Gasteiger partial charge in [0.25, 0.3) is 0 Å². The zero-order valence-electron chi connectivity index (χ0n) is 9.69. The molecule has 2 rings (SSSR count). The molecular formula is C11H9NO6S. The maximum absolute atomic E-state index is 12.0. The van der Waals surface area contributed by atoms with Crippen LogP contribution in [-0.2, 0) is 26.5 Å². The van der Waals surface area contributed by atoms with Gasteiger partial charge in [-0.25, -0.2) is 18.0 Å². The predicted octanol–water partition coefficient (Wildman–Crippen LogP) is 0.304. The summed E-state index contributed by atoms with van der Waals surface area (Å²) in [5, 5.41) is 17.9. The van der Waals surface area contributed by atoms with Crippen LogP contribution in [0.5, 0.6) is 0 Å². The summed E-state index contributed by atoms with van der Waals surface area (Å²) in [6, 6.07) is 0. The fraction of sp³-hybridized carbons (Fsp3) is 0.0909. The summed E-state index contributed by atoms with van der Waals surface area (Å²) in [6.07, 6.45) is 4.93. The molecule has 8 heteroatoms. The van der Waals surface area contributed by atoms with Crippen LogP contribution < -0.4 is 0 Å². The van der Waals surface area contributed by atoms with Crippen molar-refractivity contribution in [1.82, 2.24) is 4.57 Å². The normalized spacial score (nSPS) is 16.9. The van der Waals surface area contributed by atoms with Crippen molar-refractivity contribution in [1.29, 1.82) is 0 Å². The van der Waals surface area contributed by atoms with Gasteiger partial charge in [0.15, 0.2) is 9.81 Å². The standard InChI is InChI=1S/C11H9NO6S/c1-12-4-6-2-8(10(13)14)19(17,18)9(11(15)16)3-7(6)5-12/h2-5H,1H3,(H,13,14)(H,15,16). The molecule has 1 aliphatic heterocycles. The van der Waals surface area contributed by atoms with E-state index in [4.69, 9.17) is 10.2 Å². The Balaban J connectivity index is 2.86.